The van der Waals surface area contributed by atoms with Gasteiger partial charge in [0.1, 0.15) is 0 Å². The number of carbonyl (C=O) groups excluding carboxylic acids is 1. The van der Waals surface area contributed by atoms with Gasteiger partial charge in [0.15, 0.2) is 5.60 Å². The van der Waals surface area contributed by atoms with Crippen molar-refractivity contribution in [2.24, 2.45) is 29.4 Å². The largest absolute Gasteiger partial charge is 0.375 e. The summed E-state index contributed by atoms with van der Waals surface area (Å²) in [4.78, 5) is 15.8. The number of nitrogens with zero attached hydrogens (tertiary/aromatic N) is 1. The predicted octanol–water partition coefficient (Wildman–Crippen LogP) is 2.89. The van der Waals surface area contributed by atoms with Crippen LogP contribution in [-0.2, 0) is 16.9 Å². The van der Waals surface area contributed by atoms with Crippen molar-refractivity contribution in [3.05, 3.63) is 71.8 Å². The Hall–Kier alpha value is -2.21. The molecule has 0 aromatic heterocycles. The normalized spacial score (nSPS) is 28.1. The Bertz CT molecular complexity index is 903. The van der Waals surface area contributed by atoms with Gasteiger partial charge in [-0.25, -0.2) is 0 Å². The lowest BCUT2D eigenvalue weighted by molar-refractivity contribution is -0.147. The standard InChI is InChI=1S/C27H35N3O2/c28-24(25-22-17-30(18-23(22)25)16-19-9-3-1-4-10-19)15-29-26(31)27(32,21-13-7-8-14-21)20-11-5-2-6-12-20/h1-6,9-12,21-25,32H,7-8,13-18,28H2,(H,29,31)/t22-,23+,24?,25?,27?. The Labute approximate surface area is 191 Å². The zero-order valence-electron chi connectivity index (χ0n) is 18.7. The first-order valence-electron chi connectivity index (χ1n) is 12.2. The quantitative estimate of drug-likeness (QED) is 0.598. The first kappa shape index (κ1) is 21.6. The molecule has 5 atom stereocenters. The van der Waals surface area contributed by atoms with E-state index >= 15 is 0 Å². The third-order valence-corrected chi connectivity index (χ3v) is 8.08. The van der Waals surface area contributed by atoms with Crippen molar-refractivity contribution < 1.29 is 9.90 Å². The number of fused-ring (bicyclic) bond motifs is 1. The van der Waals surface area contributed by atoms with Crippen molar-refractivity contribution in [2.75, 3.05) is 19.6 Å². The SMILES string of the molecule is NC(CNC(=O)C(O)(c1ccccc1)C1CCCC1)C1[C@H]2CN(Cc3ccccc3)C[C@@H]12. The van der Waals surface area contributed by atoms with Crippen LogP contribution >= 0.6 is 0 Å². The van der Waals surface area contributed by atoms with E-state index in [-0.39, 0.29) is 17.9 Å². The highest BCUT2D eigenvalue weighted by atomic mass is 16.3. The number of likely N-dealkylation sites (tertiary alicyclic amines) is 1. The Kier molecular flexibility index (Phi) is 6.06. The molecule has 32 heavy (non-hydrogen) atoms. The molecule has 1 heterocycles. The highest BCUT2D eigenvalue weighted by Crippen LogP contribution is 2.53. The van der Waals surface area contributed by atoms with Gasteiger partial charge in [0, 0.05) is 38.1 Å². The maximum Gasteiger partial charge on any atom is 0.256 e. The molecule has 5 rings (SSSR count). The third kappa shape index (κ3) is 4.09. The topological polar surface area (TPSA) is 78.6 Å². The molecule has 0 bridgehead atoms. The summed E-state index contributed by atoms with van der Waals surface area (Å²) in [6.45, 7) is 3.60. The zero-order chi connectivity index (χ0) is 22.1. The summed E-state index contributed by atoms with van der Waals surface area (Å²) in [5.74, 6) is 1.41. The van der Waals surface area contributed by atoms with Crippen LogP contribution in [0.15, 0.2) is 60.7 Å². The molecule has 2 aromatic carbocycles. The number of hydrogen-bond acceptors (Lipinski definition) is 4. The highest BCUT2D eigenvalue weighted by Gasteiger charge is 2.57. The molecule has 3 aliphatic rings. The van der Waals surface area contributed by atoms with Gasteiger partial charge in [0.2, 0.25) is 0 Å². The number of nitrogens with two attached hydrogens (primary N) is 1. The second-order valence-corrected chi connectivity index (χ2v) is 10.1. The highest BCUT2D eigenvalue weighted by molar-refractivity contribution is 5.86. The van der Waals surface area contributed by atoms with Crippen LogP contribution in [0.5, 0.6) is 0 Å². The summed E-state index contributed by atoms with van der Waals surface area (Å²) < 4.78 is 0. The van der Waals surface area contributed by atoms with E-state index in [0.29, 0.717) is 29.9 Å². The Morgan fingerprint density at radius 1 is 1.03 bits per heavy atom. The molecule has 3 unspecified atom stereocenters. The van der Waals surface area contributed by atoms with Crippen LogP contribution in [0.3, 0.4) is 0 Å². The average molecular weight is 434 g/mol. The zero-order valence-corrected chi connectivity index (χ0v) is 18.7. The first-order chi connectivity index (χ1) is 15.6. The third-order valence-electron chi connectivity index (χ3n) is 8.08. The van der Waals surface area contributed by atoms with Crippen molar-refractivity contribution in [3.63, 3.8) is 0 Å². The van der Waals surface area contributed by atoms with Crippen molar-refractivity contribution in [3.8, 4) is 0 Å². The van der Waals surface area contributed by atoms with Gasteiger partial charge in [0.05, 0.1) is 0 Å². The lowest BCUT2D eigenvalue weighted by Crippen LogP contribution is -2.52. The number of hydrogen-bond donors (Lipinski definition) is 3. The summed E-state index contributed by atoms with van der Waals surface area (Å²) >= 11 is 0. The second kappa shape index (κ2) is 8.97. The number of aliphatic hydroxyl groups is 1. The van der Waals surface area contributed by atoms with Crippen LogP contribution in [0.25, 0.3) is 0 Å². The average Bonchev–Trinajstić information content (AvgIpc) is 3.19. The summed E-state index contributed by atoms with van der Waals surface area (Å²) in [7, 11) is 0. The van der Waals surface area contributed by atoms with E-state index in [1.165, 1.54) is 5.56 Å². The molecule has 2 saturated carbocycles. The number of piperidine rings is 1. The van der Waals surface area contributed by atoms with Crippen LogP contribution in [0.1, 0.15) is 36.8 Å². The fourth-order valence-corrected chi connectivity index (χ4v) is 6.33. The molecule has 3 fully saturated rings. The number of nitrogens with one attached hydrogen (secondary N) is 1. The second-order valence-electron chi connectivity index (χ2n) is 10.1. The molecule has 5 heteroatoms. The number of benzene rings is 2. The molecular weight excluding hydrogens is 398 g/mol. The van der Waals surface area contributed by atoms with Gasteiger partial charge in [-0.2, -0.15) is 0 Å². The lowest BCUT2D eigenvalue weighted by atomic mass is 9.79. The molecule has 2 aliphatic carbocycles. The van der Waals surface area contributed by atoms with E-state index in [0.717, 1.165) is 45.3 Å². The fourth-order valence-electron chi connectivity index (χ4n) is 6.33. The molecule has 0 radical (unpaired) electrons. The molecule has 1 amide bonds. The maximum atomic E-state index is 13.3. The van der Waals surface area contributed by atoms with E-state index < -0.39 is 5.60 Å². The molecule has 5 nitrogen and oxygen atoms in total. The Morgan fingerprint density at radius 3 is 2.25 bits per heavy atom. The number of carbonyl (C=O) groups is 1. The maximum absolute atomic E-state index is 13.3. The van der Waals surface area contributed by atoms with E-state index in [4.69, 9.17) is 5.73 Å². The van der Waals surface area contributed by atoms with Crippen LogP contribution in [-0.4, -0.2) is 41.6 Å². The van der Waals surface area contributed by atoms with Crippen molar-refractivity contribution >= 4 is 5.91 Å². The summed E-state index contributed by atoms with van der Waals surface area (Å²) in [6, 6.07) is 20.0. The fraction of sp³-hybridized carbons (Fsp3) is 0.519. The minimum atomic E-state index is -1.47. The van der Waals surface area contributed by atoms with Gasteiger partial charge in [-0.15, -0.1) is 0 Å². The molecule has 4 N–H and O–H groups in total. The van der Waals surface area contributed by atoms with Crippen LogP contribution in [0.2, 0.25) is 0 Å². The van der Waals surface area contributed by atoms with Gasteiger partial charge in [-0.3, -0.25) is 9.69 Å². The molecule has 170 valence electrons. The summed E-state index contributed by atoms with van der Waals surface area (Å²) in [5, 5.41) is 14.6. The molecule has 1 aliphatic heterocycles. The summed E-state index contributed by atoms with van der Waals surface area (Å²) in [6.07, 6.45) is 3.90. The van der Waals surface area contributed by atoms with Crippen LogP contribution in [0.4, 0.5) is 0 Å². The van der Waals surface area contributed by atoms with E-state index in [9.17, 15) is 9.90 Å². The van der Waals surface area contributed by atoms with Crippen molar-refractivity contribution in [2.45, 2.75) is 43.9 Å². The number of amides is 1. The molecule has 0 spiro atoms. The van der Waals surface area contributed by atoms with Gasteiger partial charge in [-0.05, 0) is 41.7 Å². The van der Waals surface area contributed by atoms with Gasteiger partial charge in [-0.1, -0.05) is 73.5 Å². The van der Waals surface area contributed by atoms with Crippen molar-refractivity contribution in [1.29, 1.82) is 0 Å². The summed E-state index contributed by atoms with van der Waals surface area (Å²) in [5.41, 5.74) is 7.12. The molecule has 1 saturated heterocycles. The van der Waals surface area contributed by atoms with Gasteiger partial charge >= 0.3 is 0 Å². The van der Waals surface area contributed by atoms with E-state index in [2.05, 4.69) is 40.5 Å². The minimum Gasteiger partial charge on any atom is -0.375 e. The van der Waals surface area contributed by atoms with Gasteiger partial charge < -0.3 is 16.2 Å². The smallest absolute Gasteiger partial charge is 0.256 e. The van der Waals surface area contributed by atoms with Gasteiger partial charge in [0.25, 0.3) is 5.91 Å². The number of rotatable bonds is 8. The van der Waals surface area contributed by atoms with Crippen LogP contribution < -0.4 is 11.1 Å². The van der Waals surface area contributed by atoms with E-state index in [1.54, 1.807) is 0 Å². The Morgan fingerprint density at radius 2 is 1.62 bits per heavy atom. The monoisotopic (exact) mass is 433 g/mol. The predicted molar refractivity (Wildman–Crippen MR) is 125 cm³/mol. The first-order valence-corrected chi connectivity index (χ1v) is 12.2. The van der Waals surface area contributed by atoms with E-state index in [1.807, 2.05) is 30.3 Å². The molecule has 2 aromatic rings. The lowest BCUT2D eigenvalue weighted by Gasteiger charge is -2.33. The Balaban J connectivity index is 1.16. The van der Waals surface area contributed by atoms with Crippen molar-refractivity contribution in [1.82, 2.24) is 10.2 Å². The van der Waals surface area contributed by atoms with Crippen LogP contribution in [0, 0.1) is 23.7 Å². The molecular formula is C27H35N3O2. The minimum absolute atomic E-state index is 0.0343.